The molecule has 1 aliphatic heterocycles. The van der Waals surface area contributed by atoms with E-state index in [0.717, 1.165) is 56.4 Å². The molecule has 0 unspecified atom stereocenters. The van der Waals surface area contributed by atoms with E-state index in [1.165, 1.54) is 0 Å². The molecule has 1 fully saturated rings. The maximum atomic E-state index is 12.7. The van der Waals surface area contributed by atoms with E-state index in [4.69, 9.17) is 12.2 Å². The number of hydrogen-bond acceptors (Lipinski definition) is 4. The number of piperidine rings is 1. The average molecular weight is 451 g/mol. The Labute approximate surface area is 193 Å². The summed E-state index contributed by atoms with van der Waals surface area (Å²) in [5.74, 6) is 0.239. The number of aromatic nitrogens is 2. The van der Waals surface area contributed by atoms with E-state index in [1.54, 1.807) is 4.57 Å². The highest BCUT2D eigenvalue weighted by Crippen LogP contribution is 2.17. The molecule has 0 saturated carbocycles. The molecule has 2 heterocycles. The molecule has 0 aliphatic carbocycles. The van der Waals surface area contributed by atoms with Gasteiger partial charge < -0.3 is 15.2 Å². The molecule has 2 N–H and O–H groups in total. The molecule has 32 heavy (non-hydrogen) atoms. The van der Waals surface area contributed by atoms with E-state index >= 15 is 0 Å². The van der Waals surface area contributed by atoms with Crippen molar-refractivity contribution in [3.05, 3.63) is 69.7 Å². The Bertz CT molecular complexity index is 1160. The summed E-state index contributed by atoms with van der Waals surface area (Å²) in [5.41, 5.74) is 1.86. The van der Waals surface area contributed by atoms with Crippen molar-refractivity contribution in [2.45, 2.75) is 51.1 Å². The predicted octanol–water partition coefficient (Wildman–Crippen LogP) is 4.72. The Morgan fingerprint density at radius 2 is 1.72 bits per heavy atom. The topological polar surface area (TPSA) is 70.1 Å². The van der Waals surface area contributed by atoms with Crippen molar-refractivity contribution in [2.24, 2.45) is 0 Å². The van der Waals surface area contributed by atoms with Crippen LogP contribution in [-0.2, 0) is 11.3 Å². The van der Waals surface area contributed by atoms with Crippen molar-refractivity contribution in [3.63, 3.8) is 0 Å². The summed E-state index contributed by atoms with van der Waals surface area (Å²) in [7, 11) is 0. The maximum absolute atomic E-state index is 12.7. The van der Waals surface area contributed by atoms with Crippen LogP contribution in [0.2, 0.25) is 0 Å². The van der Waals surface area contributed by atoms with Crippen LogP contribution in [0.4, 0.5) is 5.69 Å². The van der Waals surface area contributed by atoms with Crippen LogP contribution in [-0.4, -0.2) is 39.5 Å². The molecule has 0 atom stereocenters. The monoisotopic (exact) mass is 450 g/mol. The number of rotatable bonds is 8. The quantitative estimate of drug-likeness (QED) is 0.385. The lowest BCUT2D eigenvalue weighted by molar-refractivity contribution is -0.132. The summed E-state index contributed by atoms with van der Waals surface area (Å²) in [4.78, 5) is 30.4. The lowest BCUT2D eigenvalue weighted by Crippen LogP contribution is -2.42. The number of para-hydroxylation sites is 2. The zero-order valence-corrected chi connectivity index (χ0v) is 19.1. The standard InChI is InChI=1S/C25H30N4O2S/c30-23(28-17-14-20(15-18-28)26-19-9-3-1-4-10-19)13-5-2-8-16-29-24(31)21-11-6-7-12-22(21)27-25(29)32/h1,3-4,6-7,9-12,20,26H,2,5,8,13-18H2,(H,27,32). The van der Waals surface area contributed by atoms with Gasteiger partial charge in [-0.1, -0.05) is 36.8 Å². The Hall–Kier alpha value is -2.93. The van der Waals surface area contributed by atoms with Crippen LogP contribution < -0.4 is 10.9 Å². The van der Waals surface area contributed by atoms with E-state index in [2.05, 4.69) is 22.4 Å². The maximum Gasteiger partial charge on any atom is 0.262 e. The minimum absolute atomic E-state index is 0.0487. The van der Waals surface area contributed by atoms with Crippen LogP contribution in [0.5, 0.6) is 0 Å². The second kappa shape index (κ2) is 10.6. The fourth-order valence-corrected chi connectivity index (χ4v) is 4.61. The van der Waals surface area contributed by atoms with Crippen LogP contribution in [0.3, 0.4) is 0 Å². The van der Waals surface area contributed by atoms with Crippen molar-refractivity contribution < 1.29 is 4.79 Å². The van der Waals surface area contributed by atoms with Crippen molar-refractivity contribution >= 4 is 34.7 Å². The summed E-state index contributed by atoms with van der Waals surface area (Å²) >= 11 is 5.36. The minimum Gasteiger partial charge on any atom is -0.382 e. The lowest BCUT2D eigenvalue weighted by atomic mass is 10.0. The Morgan fingerprint density at radius 3 is 2.50 bits per heavy atom. The number of anilines is 1. The molecule has 2 aromatic carbocycles. The minimum atomic E-state index is -0.0487. The zero-order chi connectivity index (χ0) is 22.3. The first kappa shape index (κ1) is 22.3. The Morgan fingerprint density at radius 1 is 1.00 bits per heavy atom. The number of H-pyrrole nitrogens is 1. The highest BCUT2D eigenvalue weighted by Gasteiger charge is 2.22. The van der Waals surface area contributed by atoms with Gasteiger partial charge in [0.15, 0.2) is 4.77 Å². The zero-order valence-electron chi connectivity index (χ0n) is 18.3. The summed E-state index contributed by atoms with van der Waals surface area (Å²) in [5, 5.41) is 4.21. The fraction of sp³-hybridized carbons (Fsp3) is 0.400. The van der Waals surface area contributed by atoms with Gasteiger partial charge in [-0.25, -0.2) is 0 Å². The van der Waals surface area contributed by atoms with E-state index in [-0.39, 0.29) is 11.5 Å². The molecular weight excluding hydrogens is 420 g/mol. The number of benzene rings is 2. The van der Waals surface area contributed by atoms with Crippen LogP contribution >= 0.6 is 12.2 Å². The lowest BCUT2D eigenvalue weighted by Gasteiger charge is -2.33. The van der Waals surface area contributed by atoms with E-state index in [0.29, 0.717) is 29.2 Å². The van der Waals surface area contributed by atoms with Gasteiger partial charge in [-0.3, -0.25) is 14.2 Å². The van der Waals surface area contributed by atoms with Gasteiger partial charge in [-0.2, -0.15) is 0 Å². The van der Waals surface area contributed by atoms with E-state index in [9.17, 15) is 9.59 Å². The largest absolute Gasteiger partial charge is 0.382 e. The first-order chi connectivity index (χ1) is 15.6. The molecule has 1 aliphatic rings. The summed E-state index contributed by atoms with van der Waals surface area (Å²) in [6.07, 6.45) is 5.07. The molecule has 3 aromatic rings. The van der Waals surface area contributed by atoms with Crippen molar-refractivity contribution in [1.82, 2.24) is 14.5 Å². The predicted molar refractivity (Wildman–Crippen MR) is 132 cm³/mol. The van der Waals surface area contributed by atoms with Crippen LogP contribution in [0, 0.1) is 4.77 Å². The molecular formula is C25H30N4O2S. The third-order valence-electron chi connectivity index (χ3n) is 6.15. The van der Waals surface area contributed by atoms with E-state index in [1.807, 2.05) is 47.4 Å². The molecule has 0 radical (unpaired) electrons. The average Bonchev–Trinajstić information content (AvgIpc) is 2.82. The first-order valence-electron chi connectivity index (χ1n) is 11.4. The summed E-state index contributed by atoms with van der Waals surface area (Å²) in [6.45, 7) is 2.19. The molecule has 4 rings (SSSR count). The smallest absolute Gasteiger partial charge is 0.262 e. The fourth-order valence-electron chi connectivity index (χ4n) is 4.33. The molecule has 1 aromatic heterocycles. The van der Waals surface area contributed by atoms with Crippen molar-refractivity contribution in [3.8, 4) is 0 Å². The summed E-state index contributed by atoms with van der Waals surface area (Å²) in [6, 6.07) is 18.1. The van der Waals surface area contributed by atoms with Crippen LogP contribution in [0.15, 0.2) is 59.4 Å². The SMILES string of the molecule is O=C(CCCCCn1c(=S)[nH]c2ccccc2c1=O)N1CCC(Nc2ccccc2)CC1. The van der Waals surface area contributed by atoms with Crippen molar-refractivity contribution in [1.29, 1.82) is 0 Å². The van der Waals surface area contributed by atoms with Crippen LogP contribution in [0.25, 0.3) is 10.9 Å². The normalized spacial score (nSPS) is 14.6. The second-order valence-electron chi connectivity index (χ2n) is 8.41. The third-order valence-corrected chi connectivity index (χ3v) is 6.48. The van der Waals surface area contributed by atoms with Gasteiger partial charge in [-0.05, 0) is 62.2 Å². The second-order valence-corrected chi connectivity index (χ2v) is 8.80. The third kappa shape index (κ3) is 5.46. The number of hydrogen-bond donors (Lipinski definition) is 2. The highest BCUT2D eigenvalue weighted by atomic mass is 32.1. The summed E-state index contributed by atoms with van der Waals surface area (Å²) < 4.78 is 2.08. The number of carbonyl (C=O) groups is 1. The number of unbranched alkanes of at least 4 members (excludes halogenated alkanes) is 2. The molecule has 1 saturated heterocycles. The number of likely N-dealkylation sites (tertiary alicyclic amines) is 1. The first-order valence-corrected chi connectivity index (χ1v) is 11.8. The Balaban J connectivity index is 1.18. The molecule has 0 spiro atoms. The molecule has 1 amide bonds. The van der Waals surface area contributed by atoms with Gasteiger partial charge in [0.25, 0.3) is 5.56 Å². The van der Waals surface area contributed by atoms with Gasteiger partial charge in [0.2, 0.25) is 5.91 Å². The van der Waals surface area contributed by atoms with Gasteiger partial charge in [-0.15, -0.1) is 0 Å². The number of carbonyl (C=O) groups excluding carboxylic acids is 1. The molecule has 7 heteroatoms. The van der Waals surface area contributed by atoms with Crippen LogP contribution in [0.1, 0.15) is 38.5 Å². The number of nitrogens with zero attached hydrogens (tertiary/aromatic N) is 2. The van der Waals surface area contributed by atoms with E-state index < -0.39 is 0 Å². The van der Waals surface area contributed by atoms with Gasteiger partial charge in [0.1, 0.15) is 0 Å². The molecule has 6 nitrogen and oxygen atoms in total. The van der Waals surface area contributed by atoms with Crippen molar-refractivity contribution in [2.75, 3.05) is 18.4 Å². The highest BCUT2D eigenvalue weighted by molar-refractivity contribution is 7.71. The number of aromatic amines is 1. The van der Waals surface area contributed by atoms with Gasteiger partial charge >= 0.3 is 0 Å². The van der Waals surface area contributed by atoms with Gasteiger partial charge in [0, 0.05) is 37.8 Å². The van der Waals surface area contributed by atoms with Gasteiger partial charge in [0.05, 0.1) is 10.9 Å². The Kier molecular flexibility index (Phi) is 7.37. The molecule has 168 valence electrons. The molecule has 0 bridgehead atoms. The number of nitrogens with one attached hydrogen (secondary N) is 2. The number of fused-ring (bicyclic) bond motifs is 1. The number of amides is 1.